The van der Waals surface area contributed by atoms with Crippen LogP contribution in [0.1, 0.15) is 6.92 Å². The third kappa shape index (κ3) is 6.64. The molecule has 224 valence electrons. The van der Waals surface area contributed by atoms with Gasteiger partial charge in [0.1, 0.15) is 11.5 Å². The van der Waals surface area contributed by atoms with Crippen molar-refractivity contribution < 1.29 is 19.1 Å². The van der Waals surface area contributed by atoms with Gasteiger partial charge in [0.2, 0.25) is 0 Å². The second kappa shape index (κ2) is 13.2. The summed E-state index contributed by atoms with van der Waals surface area (Å²) in [5.41, 5.74) is 7.50. The van der Waals surface area contributed by atoms with Crippen molar-refractivity contribution in [3.05, 3.63) is 164 Å². The van der Waals surface area contributed by atoms with Gasteiger partial charge in [0.25, 0.3) is 0 Å². The van der Waals surface area contributed by atoms with Gasteiger partial charge in [-0.2, -0.15) is 0 Å². The zero-order chi connectivity index (χ0) is 32.0. The quantitative estimate of drug-likeness (QED) is 0.0938. The number of benzene rings is 6. The Morgan fingerprint density at radius 1 is 0.565 bits per heavy atom. The average molecular weight is 602 g/mol. The third-order valence-electron chi connectivity index (χ3n) is 7.56. The predicted molar refractivity (Wildman–Crippen MR) is 186 cm³/mol. The molecule has 46 heavy (non-hydrogen) atoms. The van der Waals surface area contributed by atoms with E-state index in [9.17, 15) is 9.59 Å². The maximum atomic E-state index is 11.9. The summed E-state index contributed by atoms with van der Waals surface area (Å²) in [5, 5.41) is 2.33. The number of hydrogen-bond donors (Lipinski definition) is 0. The van der Waals surface area contributed by atoms with Crippen molar-refractivity contribution in [3.63, 3.8) is 0 Å². The van der Waals surface area contributed by atoms with Crippen molar-refractivity contribution in [2.75, 3.05) is 4.90 Å². The molecule has 0 bridgehead atoms. The van der Waals surface area contributed by atoms with Crippen LogP contribution in [0.2, 0.25) is 0 Å². The van der Waals surface area contributed by atoms with Gasteiger partial charge in [0, 0.05) is 28.7 Å². The minimum absolute atomic E-state index is 0.354. The fourth-order valence-electron chi connectivity index (χ4n) is 5.15. The normalized spacial score (nSPS) is 10.6. The second-order valence-corrected chi connectivity index (χ2v) is 10.8. The van der Waals surface area contributed by atoms with Crippen LogP contribution in [-0.4, -0.2) is 11.9 Å². The van der Waals surface area contributed by atoms with E-state index in [1.807, 2.05) is 30.3 Å². The molecule has 0 saturated carbocycles. The fourth-order valence-corrected chi connectivity index (χ4v) is 5.15. The number of anilines is 3. The van der Waals surface area contributed by atoms with E-state index in [2.05, 4.69) is 103 Å². The molecule has 0 saturated heterocycles. The van der Waals surface area contributed by atoms with E-state index >= 15 is 0 Å². The summed E-state index contributed by atoms with van der Waals surface area (Å²) < 4.78 is 10.6. The lowest BCUT2D eigenvalue weighted by molar-refractivity contribution is -0.130. The van der Waals surface area contributed by atoms with Crippen LogP contribution in [0.4, 0.5) is 17.1 Å². The van der Waals surface area contributed by atoms with Gasteiger partial charge in [-0.1, -0.05) is 92.0 Å². The monoisotopic (exact) mass is 601 g/mol. The highest BCUT2D eigenvalue weighted by Crippen LogP contribution is 2.38. The van der Waals surface area contributed by atoms with Crippen LogP contribution >= 0.6 is 0 Å². The Balaban J connectivity index is 1.31. The summed E-state index contributed by atoms with van der Waals surface area (Å²) in [4.78, 5) is 25.6. The van der Waals surface area contributed by atoms with Crippen LogP contribution in [0.5, 0.6) is 11.5 Å². The fraction of sp³-hybridized carbons (Fsp3) is 0.0244. The van der Waals surface area contributed by atoms with Crippen molar-refractivity contribution in [2.24, 2.45) is 0 Å². The minimum atomic E-state index is -0.488. The highest BCUT2D eigenvalue weighted by atomic mass is 16.5. The Morgan fingerprint density at radius 2 is 1.00 bits per heavy atom. The SMILES string of the molecule is C=CC(=O)Oc1ccc(-c2ccc(N(c3ccc(-c4ccc(OC(=O)C(=C)C)cc4)cc3)c3ccc4ccccc4c3)cc2)cc1. The topological polar surface area (TPSA) is 55.8 Å². The first-order valence-electron chi connectivity index (χ1n) is 14.8. The van der Waals surface area contributed by atoms with Gasteiger partial charge in [0.05, 0.1) is 0 Å². The molecule has 0 aliphatic carbocycles. The Morgan fingerprint density at radius 3 is 1.48 bits per heavy atom. The van der Waals surface area contributed by atoms with Crippen molar-refractivity contribution >= 4 is 39.8 Å². The summed E-state index contributed by atoms with van der Waals surface area (Å²) in [7, 11) is 0. The summed E-state index contributed by atoms with van der Waals surface area (Å²) in [6.45, 7) is 8.70. The van der Waals surface area contributed by atoms with Gasteiger partial charge < -0.3 is 14.4 Å². The summed E-state index contributed by atoms with van der Waals surface area (Å²) in [6.07, 6.45) is 1.14. The lowest BCUT2D eigenvalue weighted by atomic mass is 10.0. The van der Waals surface area contributed by atoms with E-state index < -0.39 is 11.9 Å². The molecule has 0 amide bonds. The molecule has 0 heterocycles. The second-order valence-electron chi connectivity index (χ2n) is 10.8. The van der Waals surface area contributed by atoms with Gasteiger partial charge in [-0.15, -0.1) is 0 Å². The van der Waals surface area contributed by atoms with E-state index in [0.717, 1.165) is 50.8 Å². The molecule has 0 radical (unpaired) electrons. The highest BCUT2D eigenvalue weighted by molar-refractivity contribution is 5.90. The lowest BCUT2D eigenvalue weighted by Gasteiger charge is -2.26. The van der Waals surface area contributed by atoms with Gasteiger partial charge >= 0.3 is 11.9 Å². The van der Waals surface area contributed by atoms with Crippen molar-refractivity contribution in [3.8, 4) is 33.8 Å². The van der Waals surface area contributed by atoms with E-state index in [-0.39, 0.29) is 0 Å². The Labute approximate surface area is 268 Å². The first-order chi connectivity index (χ1) is 22.4. The molecule has 0 aromatic heterocycles. The molecule has 6 rings (SSSR count). The highest BCUT2D eigenvalue weighted by Gasteiger charge is 2.14. The van der Waals surface area contributed by atoms with Gasteiger partial charge in [-0.05, 0) is 101 Å². The van der Waals surface area contributed by atoms with E-state index in [0.29, 0.717) is 17.1 Å². The Bertz CT molecular complexity index is 2040. The number of rotatable bonds is 9. The number of fused-ring (bicyclic) bond motifs is 1. The molecule has 0 atom stereocenters. The van der Waals surface area contributed by atoms with Crippen LogP contribution < -0.4 is 14.4 Å². The third-order valence-corrected chi connectivity index (χ3v) is 7.56. The molecule has 0 aliphatic rings. The van der Waals surface area contributed by atoms with Crippen molar-refractivity contribution in [1.29, 1.82) is 0 Å². The molecule has 0 spiro atoms. The summed E-state index contributed by atoms with van der Waals surface area (Å²) >= 11 is 0. The molecule has 0 unspecified atom stereocenters. The van der Waals surface area contributed by atoms with Crippen molar-refractivity contribution in [2.45, 2.75) is 6.92 Å². The molecule has 0 aliphatic heterocycles. The Hall–Kier alpha value is -6.20. The number of ether oxygens (including phenoxy) is 2. The maximum absolute atomic E-state index is 11.9. The lowest BCUT2D eigenvalue weighted by Crippen LogP contribution is -2.09. The first-order valence-corrected chi connectivity index (χ1v) is 14.8. The number of hydrogen-bond acceptors (Lipinski definition) is 5. The molecule has 6 aromatic carbocycles. The Kier molecular flexibility index (Phi) is 8.57. The maximum Gasteiger partial charge on any atom is 0.338 e. The number of esters is 2. The standard InChI is InChI=1S/C41H31NO4/c1-4-40(43)45-38-23-14-32(15-24-38)30-9-18-35(19-10-30)42(37-22-13-29-7-5-6-8-34(29)27-37)36-20-11-31(12-21-36)33-16-25-39(26-17-33)46-41(44)28(2)3/h4-27H,1-2H2,3H3. The van der Waals surface area contributed by atoms with Crippen LogP contribution in [0.3, 0.4) is 0 Å². The van der Waals surface area contributed by atoms with Gasteiger partial charge in [0.15, 0.2) is 0 Å². The van der Waals surface area contributed by atoms with Gasteiger partial charge in [-0.25, -0.2) is 9.59 Å². The number of carbonyl (C=O) groups excluding carboxylic acids is 2. The van der Waals surface area contributed by atoms with Crippen LogP contribution in [-0.2, 0) is 9.59 Å². The largest absolute Gasteiger partial charge is 0.423 e. The first kappa shape index (κ1) is 29.9. The predicted octanol–water partition coefficient (Wildman–Crippen LogP) is 10.2. The van der Waals surface area contributed by atoms with Crippen LogP contribution in [0, 0.1) is 0 Å². The summed E-state index contributed by atoms with van der Waals surface area (Å²) in [6, 6.07) is 46.4. The van der Waals surface area contributed by atoms with E-state index in [1.165, 1.54) is 5.39 Å². The zero-order valence-electron chi connectivity index (χ0n) is 25.4. The summed E-state index contributed by atoms with van der Waals surface area (Å²) in [5.74, 6) is 0.0199. The molecule has 5 heteroatoms. The van der Waals surface area contributed by atoms with Crippen LogP contribution in [0.25, 0.3) is 33.0 Å². The molecular weight excluding hydrogens is 570 g/mol. The van der Waals surface area contributed by atoms with Gasteiger partial charge in [-0.3, -0.25) is 0 Å². The molecular formula is C41H31NO4. The smallest absolute Gasteiger partial charge is 0.338 e. The van der Waals surface area contributed by atoms with Crippen molar-refractivity contribution in [1.82, 2.24) is 0 Å². The minimum Gasteiger partial charge on any atom is -0.423 e. The molecule has 0 fully saturated rings. The van der Waals surface area contributed by atoms with E-state index in [1.54, 1.807) is 31.2 Å². The molecule has 6 aromatic rings. The van der Waals surface area contributed by atoms with E-state index in [4.69, 9.17) is 9.47 Å². The van der Waals surface area contributed by atoms with Crippen LogP contribution in [0.15, 0.2) is 164 Å². The number of carbonyl (C=O) groups is 2. The molecule has 5 nitrogen and oxygen atoms in total. The number of nitrogens with zero attached hydrogens (tertiary/aromatic N) is 1. The zero-order valence-corrected chi connectivity index (χ0v) is 25.4. The average Bonchev–Trinajstić information content (AvgIpc) is 3.09. The molecule has 0 N–H and O–H groups in total.